The first-order chi connectivity index (χ1) is 31.2. The van der Waals surface area contributed by atoms with Gasteiger partial charge in [-0.2, -0.15) is 0 Å². The standard InChI is InChI=1S/C54H38N2O4S3/c1-3-11-41-33(7-1)9-5-13-45(41)55(39-19-15-35(16-20-39)53-57-23-24-58-53)51-29-37-27-49-43(31-47(37)62-51)44-32-48-38(28-50(44)61-49)30-52(63-48)56(46-14-6-10-34-8-2-4-12-42(34)46)40-21-17-36(18-22-40)54-59-25-26-60-54/h1-22,27-32,53-54H,23-26H2. The summed E-state index contributed by atoms with van der Waals surface area (Å²) in [6.45, 7) is 2.48. The van der Waals surface area contributed by atoms with Gasteiger partial charge >= 0.3 is 0 Å². The number of hydrogen-bond donors (Lipinski definition) is 0. The minimum Gasteiger partial charge on any atom is -0.346 e. The third kappa shape index (κ3) is 6.50. The number of hydrogen-bond acceptors (Lipinski definition) is 9. The molecule has 2 saturated heterocycles. The molecule has 2 aliphatic heterocycles. The minimum absolute atomic E-state index is 0.313. The van der Waals surface area contributed by atoms with Crippen LogP contribution in [0.4, 0.5) is 32.8 Å². The van der Waals surface area contributed by atoms with Gasteiger partial charge in [0.05, 0.1) is 37.8 Å². The van der Waals surface area contributed by atoms with E-state index in [9.17, 15) is 0 Å². The molecule has 0 atom stereocenters. The second kappa shape index (κ2) is 15.3. The third-order valence-corrected chi connectivity index (χ3v) is 15.5. The lowest BCUT2D eigenvalue weighted by atomic mass is 10.1. The second-order valence-corrected chi connectivity index (χ2v) is 19.2. The van der Waals surface area contributed by atoms with Gasteiger partial charge in [-0.25, -0.2) is 0 Å². The maximum Gasteiger partial charge on any atom is 0.184 e. The molecule has 0 aliphatic carbocycles. The minimum atomic E-state index is -0.313. The topological polar surface area (TPSA) is 43.4 Å². The van der Waals surface area contributed by atoms with Gasteiger partial charge in [-0.3, -0.25) is 0 Å². The second-order valence-electron chi connectivity index (χ2n) is 16.0. The summed E-state index contributed by atoms with van der Waals surface area (Å²) in [5, 5.41) is 12.3. The first-order valence-electron chi connectivity index (χ1n) is 21.2. The van der Waals surface area contributed by atoms with E-state index in [4.69, 9.17) is 18.9 Å². The van der Waals surface area contributed by atoms with Crippen LogP contribution in [0.15, 0.2) is 170 Å². The summed E-state index contributed by atoms with van der Waals surface area (Å²) in [5.74, 6) is 0. The van der Waals surface area contributed by atoms with E-state index in [1.165, 1.54) is 71.9 Å². The van der Waals surface area contributed by atoms with Crippen LogP contribution in [-0.4, -0.2) is 26.4 Å². The molecular formula is C54H38N2O4S3. The zero-order chi connectivity index (χ0) is 41.4. The largest absolute Gasteiger partial charge is 0.346 e. The van der Waals surface area contributed by atoms with Crippen LogP contribution < -0.4 is 9.80 Å². The summed E-state index contributed by atoms with van der Waals surface area (Å²) in [6, 6.07) is 62.1. The van der Waals surface area contributed by atoms with Gasteiger partial charge in [0.1, 0.15) is 10.0 Å². The van der Waals surface area contributed by atoms with Crippen molar-refractivity contribution in [3.63, 3.8) is 0 Å². The van der Waals surface area contributed by atoms with Crippen LogP contribution in [0.25, 0.3) is 61.9 Å². The average Bonchev–Trinajstić information content (AvgIpc) is 4.20. The fourth-order valence-electron chi connectivity index (χ4n) is 9.27. The molecule has 2 fully saturated rings. The molecule has 5 heterocycles. The Bertz CT molecular complexity index is 3270. The molecule has 0 N–H and O–H groups in total. The van der Waals surface area contributed by atoms with Gasteiger partial charge in [-0.15, -0.1) is 34.0 Å². The van der Waals surface area contributed by atoms with E-state index < -0.39 is 0 Å². The van der Waals surface area contributed by atoms with E-state index in [1.807, 2.05) is 34.0 Å². The van der Waals surface area contributed by atoms with Crippen molar-refractivity contribution in [2.75, 3.05) is 36.2 Å². The van der Waals surface area contributed by atoms with Crippen molar-refractivity contribution in [2.45, 2.75) is 12.6 Å². The Morgan fingerprint density at radius 1 is 0.349 bits per heavy atom. The van der Waals surface area contributed by atoms with Crippen molar-refractivity contribution in [2.24, 2.45) is 0 Å². The summed E-state index contributed by atoms with van der Waals surface area (Å²) in [5.41, 5.74) is 6.54. The Hall–Kier alpha value is -6.14. The SMILES string of the molecule is c1ccc2c(N(c3ccc(C4OCCO4)cc3)c3cc4cc5sc6cc7cc(N(c8ccc(C9OCCO9)cc8)c8cccc9ccccc89)sc7cc6c5cc4s3)cccc2c1. The van der Waals surface area contributed by atoms with Crippen LogP contribution >= 0.6 is 34.0 Å². The van der Waals surface area contributed by atoms with Crippen LogP contribution in [0.1, 0.15) is 23.7 Å². The van der Waals surface area contributed by atoms with Gasteiger partial charge in [0, 0.05) is 62.8 Å². The molecule has 3 aromatic heterocycles. The van der Waals surface area contributed by atoms with Crippen LogP contribution in [0.3, 0.4) is 0 Å². The molecular weight excluding hydrogens is 837 g/mol. The lowest BCUT2D eigenvalue weighted by Gasteiger charge is -2.25. The summed E-state index contributed by atoms with van der Waals surface area (Å²) >= 11 is 5.55. The van der Waals surface area contributed by atoms with Gasteiger partial charge in [0.2, 0.25) is 0 Å². The van der Waals surface area contributed by atoms with Crippen LogP contribution in [-0.2, 0) is 18.9 Å². The average molecular weight is 875 g/mol. The molecule has 0 saturated carbocycles. The molecule has 306 valence electrons. The zero-order valence-corrected chi connectivity index (χ0v) is 36.4. The highest BCUT2D eigenvalue weighted by atomic mass is 32.1. The Balaban J connectivity index is 0.916. The lowest BCUT2D eigenvalue weighted by Crippen LogP contribution is -2.09. The van der Waals surface area contributed by atoms with Crippen molar-refractivity contribution < 1.29 is 18.9 Å². The molecule has 13 rings (SSSR count). The fraction of sp³-hybridized carbons (Fsp3) is 0.111. The number of benzene rings is 8. The van der Waals surface area contributed by atoms with Crippen LogP contribution in [0, 0.1) is 0 Å². The molecule has 0 spiro atoms. The number of nitrogens with zero attached hydrogens (tertiary/aromatic N) is 2. The molecule has 63 heavy (non-hydrogen) atoms. The number of ether oxygens (including phenoxy) is 4. The lowest BCUT2D eigenvalue weighted by molar-refractivity contribution is -0.0443. The van der Waals surface area contributed by atoms with E-state index in [2.05, 4.69) is 180 Å². The highest BCUT2D eigenvalue weighted by molar-refractivity contribution is 7.27. The Kier molecular flexibility index (Phi) is 9.08. The summed E-state index contributed by atoms with van der Waals surface area (Å²) in [7, 11) is 0. The van der Waals surface area contributed by atoms with E-state index in [0.29, 0.717) is 26.4 Å². The van der Waals surface area contributed by atoms with E-state index in [-0.39, 0.29) is 12.6 Å². The number of anilines is 6. The van der Waals surface area contributed by atoms with Crippen molar-refractivity contribution >= 4 is 129 Å². The summed E-state index contributed by atoms with van der Waals surface area (Å²) < 4.78 is 28.4. The van der Waals surface area contributed by atoms with Crippen molar-refractivity contribution in [1.29, 1.82) is 0 Å². The van der Waals surface area contributed by atoms with Crippen molar-refractivity contribution in [1.82, 2.24) is 0 Å². The number of thiophene rings is 3. The van der Waals surface area contributed by atoms with Gasteiger partial charge in [-0.1, -0.05) is 97.1 Å². The van der Waals surface area contributed by atoms with Gasteiger partial charge in [0.15, 0.2) is 12.6 Å². The normalized spacial score (nSPS) is 15.0. The smallest absolute Gasteiger partial charge is 0.184 e. The molecule has 9 heteroatoms. The predicted octanol–water partition coefficient (Wildman–Crippen LogP) is 15.8. The van der Waals surface area contributed by atoms with Crippen molar-refractivity contribution in [3.8, 4) is 0 Å². The van der Waals surface area contributed by atoms with Gasteiger partial charge in [-0.05, 0) is 94.3 Å². The highest BCUT2D eigenvalue weighted by Gasteiger charge is 2.24. The summed E-state index contributed by atoms with van der Waals surface area (Å²) in [4.78, 5) is 4.81. The molecule has 2 aliphatic rings. The Morgan fingerprint density at radius 2 is 0.762 bits per heavy atom. The highest BCUT2D eigenvalue weighted by Crippen LogP contribution is 2.49. The molecule has 0 radical (unpaired) electrons. The van der Waals surface area contributed by atoms with Crippen molar-refractivity contribution in [3.05, 3.63) is 181 Å². The Morgan fingerprint density at radius 3 is 1.21 bits per heavy atom. The van der Waals surface area contributed by atoms with Gasteiger partial charge < -0.3 is 28.7 Å². The maximum atomic E-state index is 5.83. The Labute approximate surface area is 375 Å². The molecule has 0 amide bonds. The van der Waals surface area contributed by atoms with Crippen LogP contribution in [0.2, 0.25) is 0 Å². The molecule has 0 unspecified atom stereocenters. The molecule has 11 aromatic rings. The fourth-order valence-corrected chi connectivity index (χ4v) is 12.7. The molecule has 0 bridgehead atoms. The number of rotatable bonds is 8. The quantitative estimate of drug-likeness (QED) is 0.152. The third-order valence-electron chi connectivity index (χ3n) is 12.3. The monoisotopic (exact) mass is 874 g/mol. The van der Waals surface area contributed by atoms with E-state index >= 15 is 0 Å². The maximum absolute atomic E-state index is 5.83. The summed E-state index contributed by atoms with van der Waals surface area (Å²) in [6.07, 6.45) is -0.625. The molecule has 6 nitrogen and oxygen atoms in total. The first kappa shape index (κ1) is 37.4. The number of fused-ring (bicyclic) bond motifs is 7. The molecule has 8 aromatic carbocycles. The van der Waals surface area contributed by atoms with E-state index in [0.717, 1.165) is 33.9 Å². The van der Waals surface area contributed by atoms with Crippen LogP contribution in [0.5, 0.6) is 0 Å². The zero-order valence-electron chi connectivity index (χ0n) is 33.9. The van der Waals surface area contributed by atoms with Gasteiger partial charge in [0.25, 0.3) is 0 Å². The first-order valence-corrected chi connectivity index (χ1v) is 23.7. The van der Waals surface area contributed by atoms with E-state index in [1.54, 1.807) is 0 Å². The predicted molar refractivity (Wildman–Crippen MR) is 264 cm³/mol.